The summed E-state index contributed by atoms with van der Waals surface area (Å²) >= 11 is 0. The number of ketones is 1. The first-order chi connectivity index (χ1) is 13.4. The van der Waals surface area contributed by atoms with E-state index in [0.29, 0.717) is 23.5 Å². The highest BCUT2D eigenvalue weighted by atomic mass is 16.2. The van der Waals surface area contributed by atoms with Crippen molar-refractivity contribution in [1.29, 1.82) is 0 Å². The molecule has 1 amide bonds. The number of Topliss-reactive ketones (excluding diaryl/α,β-unsaturated/α-hetero) is 1. The molecule has 2 aromatic rings. The van der Waals surface area contributed by atoms with Crippen molar-refractivity contribution in [2.75, 3.05) is 5.32 Å². The zero-order valence-electron chi connectivity index (χ0n) is 16.3. The topological polar surface area (TPSA) is 89.2 Å². The number of pyridine rings is 1. The van der Waals surface area contributed by atoms with Crippen molar-refractivity contribution >= 4 is 23.2 Å². The number of nitrogens with one attached hydrogen (secondary N) is 1. The Morgan fingerprint density at radius 3 is 2.71 bits per heavy atom. The zero-order valence-corrected chi connectivity index (χ0v) is 16.3. The van der Waals surface area contributed by atoms with Crippen molar-refractivity contribution in [2.24, 2.45) is 18.0 Å². The van der Waals surface area contributed by atoms with Crippen molar-refractivity contribution in [3.63, 3.8) is 0 Å². The molecule has 2 aromatic heterocycles. The van der Waals surface area contributed by atoms with E-state index in [2.05, 4.69) is 20.4 Å². The van der Waals surface area contributed by atoms with Gasteiger partial charge < -0.3 is 5.32 Å². The lowest BCUT2D eigenvalue weighted by Crippen LogP contribution is -2.39. The number of allylic oxidation sites excluding steroid dienone is 2. The van der Waals surface area contributed by atoms with E-state index in [0.717, 1.165) is 29.7 Å². The Morgan fingerprint density at radius 2 is 2.04 bits per heavy atom. The molecule has 1 aliphatic heterocycles. The highest BCUT2D eigenvalue weighted by Gasteiger charge is 2.42. The highest BCUT2D eigenvalue weighted by molar-refractivity contribution is 6.13. The van der Waals surface area contributed by atoms with Crippen LogP contribution in [0.5, 0.6) is 0 Å². The lowest BCUT2D eigenvalue weighted by Gasteiger charge is -2.34. The standard InChI is InChI=1S/C21H23N5O2/c1-12-7-8-17(22-9-12)25-21(28)18-13(2)24-15-5-4-6-16(27)20(15)19(18)14-10-23-26(3)11-14/h7-11,18-19H,4-6H2,1-3H3,(H,22,25,28)/t18?,19-/m1/s1. The Bertz CT molecular complexity index is 1000. The van der Waals surface area contributed by atoms with Crippen LogP contribution >= 0.6 is 0 Å². The van der Waals surface area contributed by atoms with Gasteiger partial charge in [0.15, 0.2) is 5.78 Å². The fraction of sp³-hybridized carbons (Fsp3) is 0.381. The number of carbonyl (C=O) groups excluding carboxylic acids is 2. The van der Waals surface area contributed by atoms with Crippen LogP contribution in [-0.4, -0.2) is 32.2 Å². The third-order valence-corrected chi connectivity index (χ3v) is 5.36. The number of aromatic nitrogens is 3. The quantitative estimate of drug-likeness (QED) is 0.891. The van der Waals surface area contributed by atoms with Gasteiger partial charge in [0.1, 0.15) is 5.82 Å². The summed E-state index contributed by atoms with van der Waals surface area (Å²) < 4.78 is 1.69. The molecule has 7 heteroatoms. The molecule has 0 saturated carbocycles. The minimum atomic E-state index is -0.576. The van der Waals surface area contributed by atoms with Crippen LogP contribution in [0.3, 0.4) is 0 Å². The SMILES string of the molecule is CC1=NC2=C(C(=O)CCC2)[C@H](c2cnn(C)c2)C1C(=O)Nc1ccc(C)cn1. The summed E-state index contributed by atoms with van der Waals surface area (Å²) in [5, 5.41) is 7.16. The van der Waals surface area contributed by atoms with Crippen molar-refractivity contribution in [3.8, 4) is 0 Å². The maximum Gasteiger partial charge on any atom is 0.235 e. The molecule has 0 bridgehead atoms. The van der Waals surface area contributed by atoms with Gasteiger partial charge in [-0.25, -0.2) is 4.98 Å². The predicted molar refractivity (Wildman–Crippen MR) is 106 cm³/mol. The van der Waals surface area contributed by atoms with Gasteiger partial charge in [-0.1, -0.05) is 6.07 Å². The predicted octanol–water partition coefficient (Wildman–Crippen LogP) is 2.94. The van der Waals surface area contributed by atoms with Crippen LogP contribution in [0.4, 0.5) is 5.82 Å². The summed E-state index contributed by atoms with van der Waals surface area (Å²) in [6, 6.07) is 3.67. The minimum absolute atomic E-state index is 0.0811. The first-order valence-corrected chi connectivity index (χ1v) is 9.47. The van der Waals surface area contributed by atoms with Crippen LogP contribution in [-0.2, 0) is 16.6 Å². The number of nitrogens with zero attached hydrogens (tertiary/aromatic N) is 4. The molecule has 0 aromatic carbocycles. The maximum atomic E-state index is 13.2. The first kappa shape index (κ1) is 18.3. The van der Waals surface area contributed by atoms with E-state index in [-0.39, 0.29) is 17.6 Å². The molecule has 7 nitrogen and oxygen atoms in total. The lowest BCUT2D eigenvalue weighted by molar-refractivity contribution is -0.119. The summed E-state index contributed by atoms with van der Waals surface area (Å²) in [6.45, 7) is 3.80. The van der Waals surface area contributed by atoms with E-state index >= 15 is 0 Å². The highest BCUT2D eigenvalue weighted by Crippen LogP contribution is 2.43. The van der Waals surface area contributed by atoms with Crippen molar-refractivity contribution in [1.82, 2.24) is 14.8 Å². The smallest absolute Gasteiger partial charge is 0.235 e. The molecule has 144 valence electrons. The van der Waals surface area contributed by atoms with Gasteiger partial charge in [-0.05, 0) is 43.9 Å². The van der Waals surface area contributed by atoms with Crippen LogP contribution < -0.4 is 5.32 Å². The van der Waals surface area contributed by atoms with E-state index in [1.165, 1.54) is 0 Å². The van der Waals surface area contributed by atoms with Crippen LogP contribution in [0.1, 0.15) is 43.2 Å². The van der Waals surface area contributed by atoms with Gasteiger partial charge in [-0.2, -0.15) is 5.10 Å². The summed E-state index contributed by atoms with van der Waals surface area (Å²) in [7, 11) is 1.83. The second kappa shape index (κ2) is 7.14. The van der Waals surface area contributed by atoms with Crippen molar-refractivity contribution in [2.45, 2.75) is 39.0 Å². The molecule has 1 aliphatic carbocycles. The molecule has 0 fully saturated rings. The second-order valence-corrected chi connectivity index (χ2v) is 7.50. The molecule has 0 radical (unpaired) electrons. The summed E-state index contributed by atoms with van der Waals surface area (Å²) in [4.78, 5) is 35.0. The second-order valence-electron chi connectivity index (χ2n) is 7.50. The van der Waals surface area contributed by atoms with E-state index in [1.54, 1.807) is 23.1 Å². The Labute approximate surface area is 163 Å². The van der Waals surface area contributed by atoms with E-state index in [1.807, 2.05) is 33.2 Å². The van der Waals surface area contributed by atoms with Gasteiger partial charge in [-0.3, -0.25) is 19.3 Å². The number of anilines is 1. The Hall–Kier alpha value is -3.09. The molecule has 1 unspecified atom stereocenters. The monoisotopic (exact) mass is 377 g/mol. The molecule has 2 aliphatic rings. The summed E-state index contributed by atoms with van der Waals surface area (Å²) in [6.07, 6.45) is 7.39. The Kier molecular flexibility index (Phi) is 4.66. The molecule has 0 spiro atoms. The summed E-state index contributed by atoms with van der Waals surface area (Å²) in [5.74, 6) is -0.593. The van der Waals surface area contributed by atoms with E-state index < -0.39 is 5.92 Å². The molecule has 4 rings (SSSR count). The third-order valence-electron chi connectivity index (χ3n) is 5.36. The van der Waals surface area contributed by atoms with Gasteiger partial charge in [0.05, 0.1) is 12.1 Å². The number of amides is 1. The van der Waals surface area contributed by atoms with Gasteiger partial charge in [0, 0.05) is 48.8 Å². The molecular formula is C21H23N5O2. The van der Waals surface area contributed by atoms with Gasteiger partial charge >= 0.3 is 0 Å². The van der Waals surface area contributed by atoms with Crippen LogP contribution in [0.15, 0.2) is 47.0 Å². The number of carbonyl (C=O) groups is 2. The van der Waals surface area contributed by atoms with Gasteiger partial charge in [-0.15, -0.1) is 0 Å². The van der Waals surface area contributed by atoms with E-state index in [4.69, 9.17) is 0 Å². The number of hydrogen-bond donors (Lipinski definition) is 1. The minimum Gasteiger partial charge on any atom is -0.310 e. The first-order valence-electron chi connectivity index (χ1n) is 9.47. The van der Waals surface area contributed by atoms with Crippen LogP contribution in [0, 0.1) is 12.8 Å². The zero-order chi connectivity index (χ0) is 19.8. The van der Waals surface area contributed by atoms with Crippen LogP contribution in [0.2, 0.25) is 0 Å². The lowest BCUT2D eigenvalue weighted by atomic mass is 9.72. The number of aryl methyl sites for hydroxylation is 2. The molecule has 28 heavy (non-hydrogen) atoms. The average Bonchev–Trinajstić information content (AvgIpc) is 3.08. The Morgan fingerprint density at radius 1 is 1.21 bits per heavy atom. The average molecular weight is 377 g/mol. The number of aliphatic imine (C=N–C) groups is 1. The molecule has 2 atom stereocenters. The van der Waals surface area contributed by atoms with Gasteiger partial charge in [0.2, 0.25) is 5.91 Å². The number of hydrogen-bond acceptors (Lipinski definition) is 5. The van der Waals surface area contributed by atoms with E-state index in [9.17, 15) is 9.59 Å². The van der Waals surface area contributed by atoms with Crippen molar-refractivity contribution < 1.29 is 9.59 Å². The molecular weight excluding hydrogens is 354 g/mol. The molecule has 0 saturated heterocycles. The molecule has 1 N–H and O–H groups in total. The summed E-state index contributed by atoms with van der Waals surface area (Å²) in [5.41, 5.74) is 4.08. The fourth-order valence-electron chi connectivity index (χ4n) is 4.05. The largest absolute Gasteiger partial charge is 0.310 e. The normalized spacial score (nSPS) is 22.0. The molecule has 3 heterocycles. The number of rotatable bonds is 3. The maximum absolute atomic E-state index is 13.2. The van der Waals surface area contributed by atoms with Gasteiger partial charge in [0.25, 0.3) is 0 Å². The Balaban J connectivity index is 1.74. The van der Waals surface area contributed by atoms with Crippen LogP contribution in [0.25, 0.3) is 0 Å². The van der Waals surface area contributed by atoms with Crippen molar-refractivity contribution in [3.05, 3.63) is 53.1 Å². The third kappa shape index (κ3) is 3.28. The fourth-order valence-corrected chi connectivity index (χ4v) is 4.05.